The van der Waals surface area contributed by atoms with Gasteiger partial charge >= 0.3 is 0 Å². The molecule has 1 heterocycles. The van der Waals surface area contributed by atoms with Crippen LogP contribution < -0.4 is 9.73 Å². The van der Waals surface area contributed by atoms with Crippen molar-refractivity contribution in [2.75, 3.05) is 10.8 Å². The molecule has 3 aromatic carbocycles. The molecule has 0 fully saturated rings. The van der Waals surface area contributed by atoms with Gasteiger partial charge in [0.1, 0.15) is 6.54 Å². The van der Waals surface area contributed by atoms with Crippen LogP contribution in [0.5, 0.6) is 0 Å². The zero-order valence-electron chi connectivity index (χ0n) is 22.5. The second kappa shape index (κ2) is 11.5. The predicted octanol–water partition coefficient (Wildman–Crippen LogP) is 4.96. The zero-order chi connectivity index (χ0) is 29.0. The fourth-order valence-corrected chi connectivity index (χ4v) is 5.96. The minimum atomic E-state index is -4.47. The lowest BCUT2D eigenvalue weighted by atomic mass is 10.1. The van der Waals surface area contributed by atoms with E-state index in [1.807, 2.05) is 26.0 Å². The molecule has 0 unspecified atom stereocenters. The topological polar surface area (TPSA) is 127 Å². The van der Waals surface area contributed by atoms with Crippen LogP contribution in [-0.2, 0) is 14.8 Å². The third-order valence-electron chi connectivity index (χ3n) is 6.57. The number of nitro groups is 1. The van der Waals surface area contributed by atoms with Gasteiger partial charge in [0, 0.05) is 28.7 Å². The molecule has 1 aromatic heterocycles. The van der Waals surface area contributed by atoms with Gasteiger partial charge in [-0.15, -0.1) is 0 Å². The standard InChI is InChI=1S/C29H29N5O5S/c1-20-14-15-26(16-21(20)2)33-22(3)17-24(23(33)4)18-30-31-29(35)19-32(25-10-6-5-7-11-25)40(38,39)28-13-9-8-12-27(28)34(36)37/h5-18H,19H2,1-4H3,(H,31,35)/b30-18-. The summed E-state index contributed by atoms with van der Waals surface area (Å²) in [6.07, 6.45) is 1.50. The van der Waals surface area contributed by atoms with Crippen LogP contribution >= 0.6 is 0 Å². The SMILES string of the molecule is Cc1ccc(-n2c(C)cc(/C=N\NC(=O)CN(c3ccccc3)S(=O)(=O)c3ccccc3[N+](=O)[O-])c2C)cc1C. The molecule has 11 heteroatoms. The smallest absolute Gasteiger partial charge is 0.289 e. The van der Waals surface area contributed by atoms with Gasteiger partial charge in [-0.2, -0.15) is 5.10 Å². The largest absolute Gasteiger partial charge is 0.318 e. The molecule has 4 aromatic rings. The maximum Gasteiger partial charge on any atom is 0.289 e. The molecule has 1 amide bonds. The Morgan fingerprint density at radius 1 is 0.975 bits per heavy atom. The molecule has 40 heavy (non-hydrogen) atoms. The van der Waals surface area contributed by atoms with Crippen molar-refractivity contribution in [1.82, 2.24) is 9.99 Å². The number of nitrogens with one attached hydrogen (secondary N) is 1. The number of amides is 1. The lowest BCUT2D eigenvalue weighted by molar-refractivity contribution is -0.387. The summed E-state index contributed by atoms with van der Waals surface area (Å²) < 4.78 is 30.0. The van der Waals surface area contributed by atoms with E-state index in [0.29, 0.717) is 0 Å². The maximum absolute atomic E-state index is 13.6. The lowest BCUT2D eigenvalue weighted by Crippen LogP contribution is -2.39. The summed E-state index contributed by atoms with van der Waals surface area (Å²) in [7, 11) is -4.47. The number of hydrogen-bond donors (Lipinski definition) is 1. The molecule has 1 N–H and O–H groups in total. The van der Waals surface area contributed by atoms with Crippen molar-refractivity contribution in [3.8, 4) is 5.69 Å². The molecular formula is C29H29N5O5S. The molecule has 0 spiro atoms. The maximum atomic E-state index is 13.6. The average Bonchev–Trinajstić information content (AvgIpc) is 3.21. The Kier molecular flexibility index (Phi) is 8.15. The van der Waals surface area contributed by atoms with Crippen molar-refractivity contribution in [2.24, 2.45) is 5.10 Å². The van der Waals surface area contributed by atoms with Crippen LogP contribution in [0.2, 0.25) is 0 Å². The van der Waals surface area contributed by atoms with Gasteiger partial charge in [-0.05, 0) is 75.2 Å². The Hall–Kier alpha value is -4.77. The number of anilines is 1. The van der Waals surface area contributed by atoms with Crippen LogP contribution in [0.4, 0.5) is 11.4 Å². The molecule has 0 aliphatic carbocycles. The first-order valence-corrected chi connectivity index (χ1v) is 13.8. The van der Waals surface area contributed by atoms with Crippen LogP contribution in [0, 0.1) is 37.8 Å². The number of sulfonamides is 1. The van der Waals surface area contributed by atoms with Gasteiger partial charge in [0.05, 0.1) is 16.8 Å². The van der Waals surface area contributed by atoms with Gasteiger partial charge < -0.3 is 4.57 Å². The van der Waals surface area contributed by atoms with E-state index in [1.54, 1.807) is 18.2 Å². The van der Waals surface area contributed by atoms with Crippen LogP contribution in [0.3, 0.4) is 0 Å². The number of benzene rings is 3. The predicted molar refractivity (Wildman–Crippen MR) is 155 cm³/mol. The molecule has 4 rings (SSSR count). The van der Waals surface area contributed by atoms with Crippen LogP contribution in [0.1, 0.15) is 28.1 Å². The number of aryl methyl sites for hydroxylation is 3. The number of carbonyl (C=O) groups is 1. The van der Waals surface area contributed by atoms with E-state index < -0.39 is 38.0 Å². The van der Waals surface area contributed by atoms with Crippen molar-refractivity contribution in [3.63, 3.8) is 0 Å². The molecule has 0 saturated carbocycles. The highest BCUT2D eigenvalue weighted by Gasteiger charge is 2.33. The average molecular weight is 560 g/mol. The van der Waals surface area contributed by atoms with Crippen molar-refractivity contribution in [1.29, 1.82) is 0 Å². The van der Waals surface area contributed by atoms with Gasteiger partial charge in [-0.25, -0.2) is 13.8 Å². The van der Waals surface area contributed by atoms with Crippen LogP contribution in [-0.4, -0.2) is 36.6 Å². The normalized spacial score (nSPS) is 11.5. The number of nitro benzene ring substituents is 1. The zero-order valence-corrected chi connectivity index (χ0v) is 23.3. The number of para-hydroxylation sites is 2. The number of rotatable bonds is 9. The molecule has 0 saturated heterocycles. The van der Waals surface area contributed by atoms with E-state index in [9.17, 15) is 23.3 Å². The van der Waals surface area contributed by atoms with E-state index in [0.717, 1.165) is 39.1 Å². The second-order valence-electron chi connectivity index (χ2n) is 9.30. The van der Waals surface area contributed by atoms with Crippen LogP contribution in [0.15, 0.2) is 88.9 Å². The third-order valence-corrected chi connectivity index (χ3v) is 8.39. The van der Waals surface area contributed by atoms with Crippen molar-refractivity contribution in [2.45, 2.75) is 32.6 Å². The Balaban J connectivity index is 1.58. The van der Waals surface area contributed by atoms with Crippen molar-refractivity contribution >= 4 is 33.5 Å². The van der Waals surface area contributed by atoms with Crippen molar-refractivity contribution in [3.05, 3.63) is 117 Å². The molecule has 10 nitrogen and oxygen atoms in total. The molecule has 0 aliphatic rings. The molecule has 206 valence electrons. The van der Waals surface area contributed by atoms with E-state index in [-0.39, 0.29) is 5.69 Å². The van der Waals surface area contributed by atoms with E-state index in [2.05, 4.69) is 41.1 Å². The first-order chi connectivity index (χ1) is 19.0. The summed E-state index contributed by atoms with van der Waals surface area (Å²) >= 11 is 0. The van der Waals surface area contributed by atoms with E-state index in [1.165, 1.54) is 41.6 Å². The monoisotopic (exact) mass is 559 g/mol. The second-order valence-corrected chi connectivity index (χ2v) is 11.1. The highest BCUT2D eigenvalue weighted by Crippen LogP contribution is 2.29. The van der Waals surface area contributed by atoms with E-state index >= 15 is 0 Å². The number of aromatic nitrogens is 1. The molecule has 0 atom stereocenters. The molecule has 0 aliphatic heterocycles. The molecular weight excluding hydrogens is 530 g/mol. The number of nitrogens with zero attached hydrogens (tertiary/aromatic N) is 4. The van der Waals surface area contributed by atoms with Gasteiger partial charge in [0.25, 0.3) is 21.6 Å². The van der Waals surface area contributed by atoms with E-state index in [4.69, 9.17) is 0 Å². The fraction of sp³-hybridized carbons (Fsp3) is 0.172. The van der Waals surface area contributed by atoms with Crippen LogP contribution in [0.25, 0.3) is 5.69 Å². The first kappa shape index (κ1) is 28.2. The number of hydrazone groups is 1. The Morgan fingerprint density at radius 3 is 2.33 bits per heavy atom. The molecule has 0 bridgehead atoms. The van der Waals surface area contributed by atoms with Gasteiger partial charge in [0.15, 0.2) is 4.90 Å². The summed E-state index contributed by atoms with van der Waals surface area (Å²) in [6, 6.07) is 21.1. The minimum absolute atomic E-state index is 0.178. The summed E-state index contributed by atoms with van der Waals surface area (Å²) in [6.45, 7) is 7.39. The summed E-state index contributed by atoms with van der Waals surface area (Å²) in [4.78, 5) is 23.1. The van der Waals surface area contributed by atoms with Gasteiger partial charge in [-0.3, -0.25) is 19.2 Å². The van der Waals surface area contributed by atoms with Crippen molar-refractivity contribution < 1.29 is 18.1 Å². The Morgan fingerprint density at radius 2 is 1.65 bits per heavy atom. The third kappa shape index (κ3) is 5.79. The Labute approximate surface area is 232 Å². The number of carbonyl (C=O) groups excluding carboxylic acids is 1. The number of hydrogen-bond acceptors (Lipinski definition) is 6. The Bertz CT molecular complexity index is 1710. The van der Waals surface area contributed by atoms with Gasteiger partial charge in [-0.1, -0.05) is 36.4 Å². The minimum Gasteiger partial charge on any atom is -0.318 e. The van der Waals surface area contributed by atoms with Gasteiger partial charge in [0.2, 0.25) is 0 Å². The summed E-state index contributed by atoms with van der Waals surface area (Å²) in [5, 5.41) is 15.6. The summed E-state index contributed by atoms with van der Waals surface area (Å²) in [5.41, 5.74) is 8.05. The lowest BCUT2D eigenvalue weighted by Gasteiger charge is -2.23. The highest BCUT2D eigenvalue weighted by atomic mass is 32.2. The summed E-state index contributed by atoms with van der Waals surface area (Å²) in [5.74, 6) is -0.717. The quantitative estimate of drug-likeness (QED) is 0.176. The highest BCUT2D eigenvalue weighted by molar-refractivity contribution is 7.93. The first-order valence-electron chi connectivity index (χ1n) is 12.4. The fourth-order valence-electron chi connectivity index (χ4n) is 4.37. The molecule has 0 radical (unpaired) electrons.